The Morgan fingerprint density at radius 2 is 1.61 bits per heavy atom. The standard InChI is InChI=1S/C11H23NO5Si/c1-4-18(10-5-12-11-13,16-8-6-14-2)17-9-7-15-3/h4-10H2,1-3H3. The lowest BCUT2D eigenvalue weighted by Gasteiger charge is -2.29. The van der Waals surface area contributed by atoms with Gasteiger partial charge in [-0.15, -0.1) is 0 Å². The van der Waals surface area contributed by atoms with Crippen LogP contribution in [-0.4, -0.2) is 61.8 Å². The first-order valence-corrected chi connectivity index (χ1v) is 8.27. The molecule has 0 atom stereocenters. The summed E-state index contributed by atoms with van der Waals surface area (Å²) in [6.07, 6.45) is 1.54. The molecule has 0 rings (SSSR count). The molecule has 106 valence electrons. The molecule has 0 aliphatic carbocycles. The Morgan fingerprint density at radius 3 is 2.00 bits per heavy atom. The molecular weight excluding hydrogens is 254 g/mol. The number of aliphatic imine (C=N–C) groups is 1. The highest BCUT2D eigenvalue weighted by Crippen LogP contribution is 2.19. The number of methoxy groups -OCH3 is 2. The van der Waals surface area contributed by atoms with Crippen LogP contribution in [0.1, 0.15) is 6.92 Å². The van der Waals surface area contributed by atoms with Crippen LogP contribution in [0.5, 0.6) is 0 Å². The maximum absolute atomic E-state index is 10.1. The first-order chi connectivity index (χ1) is 8.74. The third-order valence-electron chi connectivity index (χ3n) is 2.51. The third-order valence-corrected chi connectivity index (χ3v) is 6.04. The van der Waals surface area contributed by atoms with Crippen LogP contribution in [0.25, 0.3) is 0 Å². The van der Waals surface area contributed by atoms with E-state index in [9.17, 15) is 4.79 Å². The molecule has 0 saturated carbocycles. The van der Waals surface area contributed by atoms with Gasteiger partial charge in [0.15, 0.2) is 0 Å². The number of ether oxygens (including phenoxy) is 2. The number of carbonyl (C=O) groups excluding carboxylic acids is 1. The van der Waals surface area contributed by atoms with Crippen molar-refractivity contribution in [2.75, 3.05) is 47.2 Å². The predicted octanol–water partition coefficient (Wildman–Crippen LogP) is 1.11. The summed E-state index contributed by atoms with van der Waals surface area (Å²) in [5, 5.41) is 0. The fourth-order valence-electron chi connectivity index (χ4n) is 1.46. The molecule has 0 spiro atoms. The molecule has 0 unspecified atom stereocenters. The van der Waals surface area contributed by atoms with Crippen LogP contribution in [0, 0.1) is 0 Å². The Morgan fingerprint density at radius 1 is 1.06 bits per heavy atom. The highest BCUT2D eigenvalue weighted by molar-refractivity contribution is 6.67. The van der Waals surface area contributed by atoms with Crippen LogP contribution in [0.15, 0.2) is 4.99 Å². The van der Waals surface area contributed by atoms with Crippen molar-refractivity contribution < 1.29 is 23.1 Å². The average Bonchev–Trinajstić information content (AvgIpc) is 2.39. The summed E-state index contributed by atoms with van der Waals surface area (Å²) >= 11 is 0. The van der Waals surface area contributed by atoms with Crippen LogP contribution in [0.4, 0.5) is 0 Å². The van der Waals surface area contributed by atoms with E-state index < -0.39 is 8.56 Å². The Kier molecular flexibility index (Phi) is 11.2. The van der Waals surface area contributed by atoms with Gasteiger partial charge in [0.05, 0.1) is 33.0 Å². The van der Waals surface area contributed by atoms with E-state index >= 15 is 0 Å². The van der Waals surface area contributed by atoms with Gasteiger partial charge in [-0.05, 0) is 6.04 Å². The smallest absolute Gasteiger partial charge is 0.339 e. The predicted molar refractivity (Wildman–Crippen MR) is 69.7 cm³/mol. The number of hydrogen-bond donors (Lipinski definition) is 0. The van der Waals surface area contributed by atoms with E-state index in [0.717, 1.165) is 6.04 Å². The minimum atomic E-state index is -2.31. The van der Waals surface area contributed by atoms with Crippen molar-refractivity contribution >= 4 is 14.6 Å². The van der Waals surface area contributed by atoms with Gasteiger partial charge in [-0.2, -0.15) is 0 Å². The fourth-order valence-corrected chi connectivity index (χ4v) is 3.96. The number of rotatable bonds is 12. The monoisotopic (exact) mass is 277 g/mol. The van der Waals surface area contributed by atoms with E-state index in [2.05, 4.69) is 4.99 Å². The van der Waals surface area contributed by atoms with Crippen LogP contribution < -0.4 is 0 Å². The lowest BCUT2D eigenvalue weighted by atomic mass is 10.8. The summed E-state index contributed by atoms with van der Waals surface area (Å²) in [6.45, 7) is 4.46. The Balaban J connectivity index is 4.33. The Labute approximate surface area is 110 Å². The molecule has 6 nitrogen and oxygen atoms in total. The SMILES string of the molecule is CC[Si](CCN=C=O)(OCCOC)OCCOC. The highest BCUT2D eigenvalue weighted by Gasteiger charge is 2.35. The first kappa shape index (κ1) is 17.4. The summed E-state index contributed by atoms with van der Waals surface area (Å²) in [7, 11) is 0.938. The van der Waals surface area contributed by atoms with Crippen LogP contribution in [0.3, 0.4) is 0 Å². The van der Waals surface area contributed by atoms with E-state index in [0.29, 0.717) is 39.0 Å². The van der Waals surface area contributed by atoms with Gasteiger partial charge in [0.2, 0.25) is 6.08 Å². The van der Waals surface area contributed by atoms with E-state index in [4.69, 9.17) is 18.3 Å². The normalized spacial score (nSPS) is 11.3. The minimum Gasteiger partial charge on any atom is -0.392 e. The van der Waals surface area contributed by atoms with Crippen molar-refractivity contribution in [3.8, 4) is 0 Å². The van der Waals surface area contributed by atoms with Gasteiger partial charge in [0.25, 0.3) is 0 Å². The van der Waals surface area contributed by atoms with E-state index in [1.807, 2.05) is 6.92 Å². The minimum absolute atomic E-state index is 0.392. The molecule has 0 amide bonds. The van der Waals surface area contributed by atoms with Crippen LogP contribution in [-0.2, 0) is 23.1 Å². The van der Waals surface area contributed by atoms with E-state index in [-0.39, 0.29) is 0 Å². The molecule has 0 aliphatic heterocycles. The van der Waals surface area contributed by atoms with Gasteiger partial charge >= 0.3 is 8.56 Å². The summed E-state index contributed by atoms with van der Waals surface area (Å²) < 4.78 is 21.6. The van der Waals surface area contributed by atoms with Crippen molar-refractivity contribution in [1.82, 2.24) is 0 Å². The third kappa shape index (κ3) is 7.70. The lowest BCUT2D eigenvalue weighted by molar-refractivity contribution is 0.0863. The van der Waals surface area contributed by atoms with Gasteiger partial charge in [-0.3, -0.25) is 0 Å². The fraction of sp³-hybridized carbons (Fsp3) is 0.909. The van der Waals surface area contributed by atoms with Crippen molar-refractivity contribution in [3.05, 3.63) is 0 Å². The zero-order chi connectivity index (χ0) is 13.7. The molecule has 0 aromatic rings. The molecule has 0 aromatic heterocycles. The molecule has 7 heteroatoms. The molecule has 0 aromatic carbocycles. The van der Waals surface area contributed by atoms with Gasteiger partial charge in [-0.1, -0.05) is 6.92 Å². The van der Waals surface area contributed by atoms with E-state index in [1.54, 1.807) is 14.2 Å². The molecule has 0 bridgehead atoms. The Bertz CT molecular complexity index is 236. The molecule has 0 aliphatic rings. The van der Waals surface area contributed by atoms with Crippen molar-refractivity contribution in [2.24, 2.45) is 4.99 Å². The second-order valence-electron chi connectivity index (χ2n) is 3.67. The second-order valence-corrected chi connectivity index (χ2v) is 7.28. The maximum atomic E-state index is 10.1. The van der Waals surface area contributed by atoms with Gasteiger partial charge < -0.3 is 18.3 Å². The number of isocyanates is 1. The summed E-state index contributed by atoms with van der Waals surface area (Å²) in [5.41, 5.74) is 0. The number of hydrogen-bond acceptors (Lipinski definition) is 6. The van der Waals surface area contributed by atoms with Gasteiger partial charge in [0.1, 0.15) is 0 Å². The quantitative estimate of drug-likeness (QED) is 0.231. The first-order valence-electron chi connectivity index (χ1n) is 6.04. The summed E-state index contributed by atoms with van der Waals surface area (Å²) in [4.78, 5) is 13.7. The average molecular weight is 277 g/mol. The molecule has 0 fully saturated rings. The Hall–Kier alpha value is -0.563. The van der Waals surface area contributed by atoms with Crippen LogP contribution >= 0.6 is 0 Å². The molecular formula is C11H23NO5Si. The van der Waals surface area contributed by atoms with E-state index in [1.165, 1.54) is 6.08 Å². The van der Waals surface area contributed by atoms with Crippen molar-refractivity contribution in [1.29, 1.82) is 0 Å². The molecule has 0 heterocycles. The summed E-state index contributed by atoms with van der Waals surface area (Å²) in [5.74, 6) is 0. The van der Waals surface area contributed by atoms with Crippen molar-refractivity contribution in [3.63, 3.8) is 0 Å². The number of nitrogens with zero attached hydrogens (tertiary/aromatic N) is 1. The zero-order valence-electron chi connectivity index (χ0n) is 11.4. The summed E-state index contributed by atoms with van der Waals surface area (Å²) in [6, 6.07) is 1.45. The highest BCUT2D eigenvalue weighted by atomic mass is 28.4. The van der Waals surface area contributed by atoms with Gasteiger partial charge in [-0.25, -0.2) is 9.79 Å². The molecule has 18 heavy (non-hydrogen) atoms. The van der Waals surface area contributed by atoms with Crippen LogP contribution in [0.2, 0.25) is 12.1 Å². The largest absolute Gasteiger partial charge is 0.392 e. The molecule has 0 N–H and O–H groups in total. The maximum Gasteiger partial charge on any atom is 0.339 e. The second kappa shape index (κ2) is 11.5. The topological polar surface area (TPSA) is 66.4 Å². The molecule has 0 saturated heterocycles. The molecule has 0 radical (unpaired) electrons. The van der Waals surface area contributed by atoms with Gasteiger partial charge in [0, 0.05) is 20.3 Å². The zero-order valence-corrected chi connectivity index (χ0v) is 12.4. The lowest BCUT2D eigenvalue weighted by Crippen LogP contribution is -2.43. The van der Waals surface area contributed by atoms with Crippen molar-refractivity contribution in [2.45, 2.75) is 19.0 Å².